The van der Waals surface area contributed by atoms with Gasteiger partial charge in [-0.25, -0.2) is 0 Å². The Kier molecular flexibility index (Phi) is 5.86. The van der Waals surface area contributed by atoms with Crippen LogP contribution in [0.2, 0.25) is 10.0 Å². The fourth-order valence-corrected chi connectivity index (χ4v) is 4.13. The Morgan fingerprint density at radius 3 is 2.25 bits per heavy atom. The van der Waals surface area contributed by atoms with Crippen LogP contribution in [0.3, 0.4) is 0 Å². The van der Waals surface area contributed by atoms with Gasteiger partial charge in [0, 0.05) is 11.5 Å². The average Bonchev–Trinajstić information content (AvgIpc) is 2.60. The summed E-state index contributed by atoms with van der Waals surface area (Å²) < 4.78 is 11.5. The molecule has 1 aliphatic heterocycles. The molecule has 3 rings (SSSR count). The standard InChI is InChI=1S/C19H24Cl2O3/c1-11-3-6-13(7-4-11)14-9-23-19(24-10-14)18(22)15-8-5-12(2)16(20)17(15)21/h5,8,11,13-14,19H,3-4,6-7,9-10H2,1-2H3. The van der Waals surface area contributed by atoms with Gasteiger partial charge in [0.25, 0.3) is 0 Å². The zero-order chi connectivity index (χ0) is 17.3. The summed E-state index contributed by atoms with van der Waals surface area (Å²) in [6, 6.07) is 3.48. The summed E-state index contributed by atoms with van der Waals surface area (Å²) >= 11 is 12.3. The molecule has 0 atom stereocenters. The summed E-state index contributed by atoms with van der Waals surface area (Å²) in [4.78, 5) is 12.6. The van der Waals surface area contributed by atoms with Crippen LogP contribution < -0.4 is 0 Å². The second kappa shape index (κ2) is 7.74. The van der Waals surface area contributed by atoms with E-state index in [9.17, 15) is 4.79 Å². The molecule has 0 aromatic heterocycles. The summed E-state index contributed by atoms with van der Waals surface area (Å²) in [5.74, 6) is 1.61. The van der Waals surface area contributed by atoms with Crippen LogP contribution in [0.25, 0.3) is 0 Å². The van der Waals surface area contributed by atoms with E-state index in [1.165, 1.54) is 25.7 Å². The molecule has 0 bridgehead atoms. The monoisotopic (exact) mass is 370 g/mol. The van der Waals surface area contributed by atoms with Crippen molar-refractivity contribution in [2.75, 3.05) is 13.2 Å². The van der Waals surface area contributed by atoms with Crippen molar-refractivity contribution in [2.45, 2.75) is 45.8 Å². The van der Waals surface area contributed by atoms with Gasteiger partial charge in [0.05, 0.1) is 23.3 Å². The minimum atomic E-state index is -0.875. The second-order valence-corrected chi connectivity index (χ2v) is 7.96. The van der Waals surface area contributed by atoms with Crippen molar-refractivity contribution in [3.05, 3.63) is 33.3 Å². The van der Waals surface area contributed by atoms with Crippen LogP contribution in [0.15, 0.2) is 12.1 Å². The molecule has 1 saturated heterocycles. The normalized spacial score (nSPS) is 31.0. The van der Waals surface area contributed by atoms with E-state index in [1.54, 1.807) is 12.1 Å². The number of aryl methyl sites for hydroxylation is 1. The van der Waals surface area contributed by atoms with Crippen LogP contribution in [0.1, 0.15) is 48.5 Å². The van der Waals surface area contributed by atoms with Crippen molar-refractivity contribution in [3.63, 3.8) is 0 Å². The van der Waals surface area contributed by atoms with Crippen molar-refractivity contribution in [1.29, 1.82) is 0 Å². The fourth-order valence-electron chi connectivity index (χ4n) is 3.66. The van der Waals surface area contributed by atoms with Gasteiger partial charge in [0.15, 0.2) is 0 Å². The molecule has 1 heterocycles. The molecule has 1 saturated carbocycles. The molecular formula is C19H24Cl2O3. The van der Waals surface area contributed by atoms with E-state index < -0.39 is 6.29 Å². The number of Topliss-reactive ketones (excluding diaryl/α,β-unsaturated/α-hetero) is 1. The van der Waals surface area contributed by atoms with E-state index >= 15 is 0 Å². The van der Waals surface area contributed by atoms with Crippen LogP contribution in [-0.2, 0) is 9.47 Å². The number of hydrogen-bond acceptors (Lipinski definition) is 3. The number of carbonyl (C=O) groups excluding carboxylic acids is 1. The third kappa shape index (κ3) is 3.80. The summed E-state index contributed by atoms with van der Waals surface area (Å²) in [6.45, 7) is 5.32. The SMILES string of the molecule is Cc1ccc(C(=O)C2OCC(C3CCC(C)CC3)CO2)c(Cl)c1Cl. The van der Waals surface area contributed by atoms with E-state index in [4.69, 9.17) is 32.7 Å². The predicted molar refractivity (Wildman–Crippen MR) is 95.8 cm³/mol. The van der Waals surface area contributed by atoms with E-state index in [2.05, 4.69) is 6.92 Å². The van der Waals surface area contributed by atoms with Gasteiger partial charge in [-0.3, -0.25) is 4.79 Å². The number of benzene rings is 1. The van der Waals surface area contributed by atoms with Crippen LogP contribution in [0, 0.1) is 24.7 Å². The molecule has 2 aliphatic rings. The number of ketones is 1. The molecule has 24 heavy (non-hydrogen) atoms. The van der Waals surface area contributed by atoms with Crippen LogP contribution in [-0.4, -0.2) is 25.3 Å². The first kappa shape index (κ1) is 18.2. The average molecular weight is 371 g/mol. The van der Waals surface area contributed by atoms with Gasteiger partial charge in [-0.05, 0) is 43.2 Å². The third-order valence-corrected chi connectivity index (χ3v) is 6.38. The molecule has 1 aromatic rings. The Bertz CT molecular complexity index is 601. The number of ether oxygens (including phenoxy) is 2. The molecule has 2 fully saturated rings. The second-order valence-electron chi connectivity index (χ2n) is 7.20. The lowest BCUT2D eigenvalue weighted by molar-refractivity contribution is -0.184. The van der Waals surface area contributed by atoms with E-state index in [-0.39, 0.29) is 10.8 Å². The van der Waals surface area contributed by atoms with Crippen molar-refractivity contribution in [1.82, 2.24) is 0 Å². The summed E-state index contributed by atoms with van der Waals surface area (Å²) in [6.07, 6.45) is 4.15. The van der Waals surface area contributed by atoms with Gasteiger partial charge < -0.3 is 9.47 Å². The zero-order valence-electron chi connectivity index (χ0n) is 14.2. The van der Waals surface area contributed by atoms with E-state index in [0.717, 1.165) is 11.5 Å². The first-order chi connectivity index (χ1) is 11.5. The highest BCUT2D eigenvalue weighted by atomic mass is 35.5. The molecule has 0 radical (unpaired) electrons. The maximum Gasteiger partial charge on any atom is 0.222 e. The third-order valence-electron chi connectivity index (χ3n) is 5.41. The maximum atomic E-state index is 12.6. The molecular weight excluding hydrogens is 347 g/mol. The summed E-state index contributed by atoms with van der Waals surface area (Å²) in [5, 5.41) is 0.685. The van der Waals surface area contributed by atoms with E-state index in [1.807, 2.05) is 6.92 Å². The highest BCUT2D eigenvalue weighted by Gasteiger charge is 2.34. The lowest BCUT2D eigenvalue weighted by atomic mass is 9.76. The summed E-state index contributed by atoms with van der Waals surface area (Å²) in [5.41, 5.74) is 1.21. The minimum Gasteiger partial charge on any atom is -0.345 e. The van der Waals surface area contributed by atoms with Gasteiger partial charge in [-0.1, -0.05) is 49.0 Å². The minimum absolute atomic E-state index is 0.252. The lowest BCUT2D eigenvalue weighted by Crippen LogP contribution is -2.41. The zero-order valence-corrected chi connectivity index (χ0v) is 15.7. The molecule has 5 heteroatoms. The lowest BCUT2D eigenvalue weighted by Gasteiger charge is -2.36. The van der Waals surface area contributed by atoms with E-state index in [0.29, 0.717) is 35.6 Å². The first-order valence-electron chi connectivity index (χ1n) is 8.69. The number of halogens is 2. The largest absolute Gasteiger partial charge is 0.345 e. The number of rotatable bonds is 3. The molecule has 132 valence electrons. The highest BCUT2D eigenvalue weighted by Crippen LogP contribution is 2.36. The van der Waals surface area contributed by atoms with Crippen molar-refractivity contribution in [3.8, 4) is 0 Å². The van der Waals surface area contributed by atoms with Crippen molar-refractivity contribution in [2.24, 2.45) is 17.8 Å². The van der Waals surface area contributed by atoms with Crippen LogP contribution >= 0.6 is 23.2 Å². The summed E-state index contributed by atoms with van der Waals surface area (Å²) in [7, 11) is 0. The van der Waals surface area contributed by atoms with Gasteiger partial charge in [0.2, 0.25) is 12.1 Å². The van der Waals surface area contributed by atoms with Crippen molar-refractivity contribution < 1.29 is 14.3 Å². The van der Waals surface area contributed by atoms with Gasteiger partial charge in [-0.15, -0.1) is 0 Å². The van der Waals surface area contributed by atoms with Gasteiger partial charge in [0.1, 0.15) is 0 Å². The van der Waals surface area contributed by atoms with Crippen LogP contribution in [0.4, 0.5) is 0 Å². The molecule has 0 spiro atoms. The Labute approximate surface area is 153 Å². The Balaban J connectivity index is 1.60. The quantitative estimate of drug-likeness (QED) is 0.677. The highest BCUT2D eigenvalue weighted by molar-refractivity contribution is 6.44. The number of carbonyl (C=O) groups is 1. The maximum absolute atomic E-state index is 12.6. The Morgan fingerprint density at radius 2 is 1.62 bits per heavy atom. The van der Waals surface area contributed by atoms with Crippen molar-refractivity contribution >= 4 is 29.0 Å². The Morgan fingerprint density at radius 1 is 1.00 bits per heavy atom. The Hall–Kier alpha value is -0.610. The van der Waals surface area contributed by atoms with Gasteiger partial charge >= 0.3 is 0 Å². The molecule has 0 N–H and O–H groups in total. The molecule has 0 unspecified atom stereocenters. The van der Waals surface area contributed by atoms with Gasteiger partial charge in [-0.2, -0.15) is 0 Å². The molecule has 0 amide bonds. The first-order valence-corrected chi connectivity index (χ1v) is 9.45. The fraction of sp³-hybridized carbons (Fsp3) is 0.632. The molecule has 1 aromatic carbocycles. The van der Waals surface area contributed by atoms with Crippen LogP contribution in [0.5, 0.6) is 0 Å². The number of hydrogen-bond donors (Lipinski definition) is 0. The smallest absolute Gasteiger partial charge is 0.222 e. The molecule has 3 nitrogen and oxygen atoms in total. The topological polar surface area (TPSA) is 35.5 Å². The predicted octanol–water partition coefficient (Wildman–Crippen LogP) is 5.30. The molecule has 1 aliphatic carbocycles.